The quantitative estimate of drug-likeness (QED) is 0.904. The summed E-state index contributed by atoms with van der Waals surface area (Å²) in [7, 11) is 1.92. The van der Waals surface area contributed by atoms with Crippen LogP contribution in [0.1, 0.15) is 29.5 Å². The molecule has 1 aliphatic rings. The van der Waals surface area contributed by atoms with Crippen LogP contribution in [0.4, 0.5) is 0 Å². The summed E-state index contributed by atoms with van der Waals surface area (Å²) in [6, 6.07) is 6.43. The predicted molar refractivity (Wildman–Crippen MR) is 78.0 cm³/mol. The smallest absolute Gasteiger partial charge is 0.225 e. The van der Waals surface area contributed by atoms with E-state index in [0.717, 1.165) is 25.9 Å². The molecule has 1 amide bonds. The van der Waals surface area contributed by atoms with Crippen molar-refractivity contribution in [3.63, 3.8) is 0 Å². The van der Waals surface area contributed by atoms with Gasteiger partial charge >= 0.3 is 0 Å². The number of carbonyl (C=O) groups excluding carboxylic acids is 1. The van der Waals surface area contributed by atoms with E-state index in [0.29, 0.717) is 12.5 Å². The Morgan fingerprint density at radius 2 is 1.95 bits per heavy atom. The van der Waals surface area contributed by atoms with Crippen molar-refractivity contribution in [2.24, 2.45) is 5.92 Å². The molecular formula is C16H24N2O. The summed E-state index contributed by atoms with van der Waals surface area (Å²) in [5, 5.41) is 3.30. The van der Waals surface area contributed by atoms with Crippen LogP contribution >= 0.6 is 0 Å². The van der Waals surface area contributed by atoms with Gasteiger partial charge in [-0.1, -0.05) is 18.2 Å². The molecule has 1 N–H and O–H groups in total. The van der Waals surface area contributed by atoms with Gasteiger partial charge in [0, 0.05) is 19.5 Å². The number of aryl methyl sites for hydroxylation is 2. The summed E-state index contributed by atoms with van der Waals surface area (Å²) in [6.07, 6.45) is 1.94. The van der Waals surface area contributed by atoms with E-state index in [1.807, 2.05) is 11.9 Å². The first-order valence-electron chi connectivity index (χ1n) is 7.10. The number of benzene rings is 1. The van der Waals surface area contributed by atoms with Gasteiger partial charge in [-0.15, -0.1) is 0 Å². The maximum atomic E-state index is 12.4. The molecule has 1 heterocycles. The van der Waals surface area contributed by atoms with E-state index in [9.17, 15) is 4.79 Å². The van der Waals surface area contributed by atoms with E-state index >= 15 is 0 Å². The van der Waals surface area contributed by atoms with E-state index in [4.69, 9.17) is 0 Å². The van der Waals surface area contributed by atoms with E-state index in [2.05, 4.69) is 37.4 Å². The van der Waals surface area contributed by atoms with Crippen molar-refractivity contribution in [1.29, 1.82) is 0 Å². The molecule has 0 bridgehead atoms. The number of piperidine rings is 1. The maximum absolute atomic E-state index is 12.4. The number of hydrogen-bond acceptors (Lipinski definition) is 2. The first-order valence-corrected chi connectivity index (χ1v) is 7.10. The van der Waals surface area contributed by atoms with Crippen LogP contribution in [0.3, 0.4) is 0 Å². The number of carbonyl (C=O) groups is 1. The largest absolute Gasteiger partial charge is 0.341 e. The van der Waals surface area contributed by atoms with Crippen molar-refractivity contribution in [3.8, 4) is 0 Å². The minimum absolute atomic E-state index is 0.206. The van der Waals surface area contributed by atoms with Crippen molar-refractivity contribution < 1.29 is 4.79 Å². The van der Waals surface area contributed by atoms with Gasteiger partial charge in [-0.2, -0.15) is 0 Å². The van der Waals surface area contributed by atoms with Crippen molar-refractivity contribution in [1.82, 2.24) is 10.2 Å². The molecule has 104 valence electrons. The van der Waals surface area contributed by atoms with Gasteiger partial charge in [-0.3, -0.25) is 4.79 Å². The standard InChI is InChI=1S/C16H24N2O/c1-12-4-5-14(10-13(12)2)11-18(3)16(19)15-6-8-17-9-7-15/h4-5,10,15,17H,6-9,11H2,1-3H3. The molecule has 0 radical (unpaired) electrons. The molecule has 1 fully saturated rings. The third-order valence-electron chi connectivity index (χ3n) is 4.06. The molecule has 0 aromatic heterocycles. The summed E-state index contributed by atoms with van der Waals surface area (Å²) in [6.45, 7) is 6.88. The Balaban J connectivity index is 1.97. The SMILES string of the molecule is Cc1ccc(CN(C)C(=O)C2CCNCC2)cc1C. The highest BCUT2D eigenvalue weighted by Crippen LogP contribution is 2.17. The van der Waals surface area contributed by atoms with Gasteiger partial charge in [0.15, 0.2) is 0 Å². The molecule has 0 spiro atoms. The zero-order valence-corrected chi connectivity index (χ0v) is 12.2. The van der Waals surface area contributed by atoms with Crippen molar-refractivity contribution in [3.05, 3.63) is 34.9 Å². The number of amides is 1. The summed E-state index contributed by atoms with van der Waals surface area (Å²) in [4.78, 5) is 14.2. The third-order valence-corrected chi connectivity index (χ3v) is 4.06. The van der Waals surface area contributed by atoms with Crippen LogP contribution in [0.2, 0.25) is 0 Å². The third kappa shape index (κ3) is 3.57. The number of hydrogen-bond donors (Lipinski definition) is 1. The fourth-order valence-corrected chi connectivity index (χ4v) is 2.63. The molecule has 3 nitrogen and oxygen atoms in total. The van der Waals surface area contributed by atoms with Gasteiger partial charge in [0.25, 0.3) is 0 Å². The number of nitrogens with zero attached hydrogens (tertiary/aromatic N) is 1. The van der Waals surface area contributed by atoms with Crippen LogP contribution in [0.5, 0.6) is 0 Å². The number of rotatable bonds is 3. The first-order chi connectivity index (χ1) is 9.08. The second-order valence-electron chi connectivity index (χ2n) is 5.64. The van der Waals surface area contributed by atoms with Crippen LogP contribution in [0, 0.1) is 19.8 Å². The van der Waals surface area contributed by atoms with Crippen molar-refractivity contribution in [2.45, 2.75) is 33.2 Å². The Labute approximate surface area is 116 Å². The first kappa shape index (κ1) is 14.1. The molecule has 0 atom stereocenters. The zero-order chi connectivity index (χ0) is 13.8. The Morgan fingerprint density at radius 3 is 2.58 bits per heavy atom. The van der Waals surface area contributed by atoms with Gasteiger partial charge in [0.2, 0.25) is 5.91 Å². The molecule has 1 aromatic carbocycles. The molecule has 3 heteroatoms. The lowest BCUT2D eigenvalue weighted by molar-refractivity contribution is -0.135. The fourth-order valence-electron chi connectivity index (χ4n) is 2.63. The predicted octanol–water partition coefficient (Wildman–Crippen LogP) is 2.26. The van der Waals surface area contributed by atoms with E-state index in [1.165, 1.54) is 16.7 Å². The average molecular weight is 260 g/mol. The van der Waals surface area contributed by atoms with E-state index in [1.54, 1.807) is 0 Å². The topological polar surface area (TPSA) is 32.3 Å². The van der Waals surface area contributed by atoms with Crippen LogP contribution < -0.4 is 5.32 Å². The average Bonchev–Trinajstić information content (AvgIpc) is 2.43. The summed E-state index contributed by atoms with van der Waals surface area (Å²) < 4.78 is 0. The lowest BCUT2D eigenvalue weighted by Gasteiger charge is -2.27. The second kappa shape index (κ2) is 6.20. The molecule has 1 saturated heterocycles. The maximum Gasteiger partial charge on any atom is 0.225 e. The molecular weight excluding hydrogens is 236 g/mol. The molecule has 0 aliphatic carbocycles. The van der Waals surface area contributed by atoms with E-state index < -0.39 is 0 Å². The zero-order valence-electron chi connectivity index (χ0n) is 12.2. The van der Waals surface area contributed by atoms with Gasteiger partial charge in [-0.25, -0.2) is 0 Å². The lowest BCUT2D eigenvalue weighted by atomic mass is 9.96. The molecule has 19 heavy (non-hydrogen) atoms. The Bertz CT molecular complexity index is 450. The number of nitrogens with one attached hydrogen (secondary N) is 1. The Hall–Kier alpha value is -1.35. The molecule has 0 unspecified atom stereocenters. The van der Waals surface area contributed by atoms with Crippen LogP contribution in [-0.2, 0) is 11.3 Å². The van der Waals surface area contributed by atoms with Gasteiger partial charge in [-0.05, 0) is 56.5 Å². The fraction of sp³-hybridized carbons (Fsp3) is 0.562. The monoisotopic (exact) mass is 260 g/mol. The lowest BCUT2D eigenvalue weighted by Crippen LogP contribution is -2.38. The highest BCUT2D eigenvalue weighted by Gasteiger charge is 2.23. The van der Waals surface area contributed by atoms with Gasteiger partial charge < -0.3 is 10.2 Å². The van der Waals surface area contributed by atoms with Crippen molar-refractivity contribution >= 4 is 5.91 Å². The highest BCUT2D eigenvalue weighted by molar-refractivity contribution is 5.78. The minimum Gasteiger partial charge on any atom is -0.341 e. The minimum atomic E-state index is 0.206. The molecule has 2 rings (SSSR count). The Morgan fingerprint density at radius 1 is 1.26 bits per heavy atom. The second-order valence-corrected chi connectivity index (χ2v) is 5.64. The molecule has 1 aliphatic heterocycles. The molecule has 1 aromatic rings. The van der Waals surface area contributed by atoms with Gasteiger partial charge in [0.1, 0.15) is 0 Å². The Kier molecular flexibility index (Phi) is 4.59. The van der Waals surface area contributed by atoms with E-state index in [-0.39, 0.29) is 5.92 Å². The summed E-state index contributed by atoms with van der Waals surface area (Å²) in [5.41, 5.74) is 3.81. The van der Waals surface area contributed by atoms with Crippen LogP contribution in [0.25, 0.3) is 0 Å². The summed E-state index contributed by atoms with van der Waals surface area (Å²) >= 11 is 0. The molecule has 0 saturated carbocycles. The van der Waals surface area contributed by atoms with Crippen LogP contribution in [-0.4, -0.2) is 30.9 Å². The highest BCUT2D eigenvalue weighted by atomic mass is 16.2. The van der Waals surface area contributed by atoms with Gasteiger partial charge in [0.05, 0.1) is 0 Å². The van der Waals surface area contributed by atoms with Crippen molar-refractivity contribution in [2.75, 3.05) is 20.1 Å². The normalized spacial score (nSPS) is 16.4. The summed E-state index contributed by atoms with van der Waals surface area (Å²) in [5.74, 6) is 0.498. The van der Waals surface area contributed by atoms with Crippen LogP contribution in [0.15, 0.2) is 18.2 Å².